The number of rotatable bonds is 4. The standard InChI is InChI=1S/C49H34N2O/c1-49(2)40-21-10-8-19-38(40)47-41(49)22-13-23-42(47)51(43-24-12-20-37-36-18-9-11-25-46(36)52-48(37)43)34-26-27-35-39-28-31-14-6-7-15-32(31)29-44(39)50(45(35)30-34)33-16-4-3-5-17-33/h3-30H,1-2H3. The van der Waals surface area contributed by atoms with E-state index in [-0.39, 0.29) is 5.41 Å². The molecule has 3 nitrogen and oxygen atoms in total. The molecule has 0 bridgehead atoms. The average Bonchev–Trinajstić information content (AvgIpc) is 3.80. The van der Waals surface area contributed by atoms with Crippen LogP contribution in [0.15, 0.2) is 174 Å². The number of nitrogens with zero attached hydrogens (tertiary/aromatic N) is 2. The van der Waals surface area contributed by atoms with Crippen molar-refractivity contribution < 1.29 is 4.42 Å². The minimum atomic E-state index is -0.134. The summed E-state index contributed by atoms with van der Waals surface area (Å²) in [4.78, 5) is 2.44. The van der Waals surface area contributed by atoms with E-state index in [2.05, 4.69) is 187 Å². The van der Waals surface area contributed by atoms with E-state index < -0.39 is 0 Å². The Labute approximate surface area is 301 Å². The van der Waals surface area contributed by atoms with Crippen molar-refractivity contribution in [1.29, 1.82) is 0 Å². The molecule has 0 atom stereocenters. The Kier molecular flexibility index (Phi) is 6.01. The molecule has 10 aromatic rings. The topological polar surface area (TPSA) is 21.3 Å². The quantitative estimate of drug-likeness (QED) is 0.186. The molecule has 2 aromatic heterocycles. The third-order valence-corrected chi connectivity index (χ3v) is 11.3. The van der Waals surface area contributed by atoms with Gasteiger partial charge < -0.3 is 13.9 Å². The maximum absolute atomic E-state index is 6.76. The number of hydrogen-bond acceptors (Lipinski definition) is 2. The summed E-state index contributed by atoms with van der Waals surface area (Å²) in [6.07, 6.45) is 0. The molecule has 52 heavy (non-hydrogen) atoms. The van der Waals surface area contributed by atoms with Gasteiger partial charge in [-0.1, -0.05) is 129 Å². The van der Waals surface area contributed by atoms with E-state index in [0.29, 0.717) is 0 Å². The molecule has 0 aliphatic heterocycles. The van der Waals surface area contributed by atoms with Gasteiger partial charge in [0, 0.05) is 43.9 Å². The summed E-state index contributed by atoms with van der Waals surface area (Å²) in [7, 11) is 0. The SMILES string of the molecule is CC1(C)c2ccccc2-c2c(N(c3ccc4c5cc6ccccc6cc5n(-c5ccccc5)c4c3)c3cccc4c3oc3ccccc34)cccc21. The first kappa shape index (κ1) is 29.2. The van der Waals surface area contributed by atoms with Crippen molar-refractivity contribution in [3.05, 3.63) is 181 Å². The maximum atomic E-state index is 6.76. The second-order valence-electron chi connectivity index (χ2n) is 14.5. The van der Waals surface area contributed by atoms with E-state index in [1.165, 1.54) is 49.3 Å². The zero-order valence-corrected chi connectivity index (χ0v) is 29.0. The molecule has 1 aliphatic rings. The van der Waals surface area contributed by atoms with Gasteiger partial charge in [-0.25, -0.2) is 0 Å². The van der Waals surface area contributed by atoms with Crippen LogP contribution in [0.2, 0.25) is 0 Å². The highest BCUT2D eigenvalue weighted by atomic mass is 16.3. The number of hydrogen-bond donors (Lipinski definition) is 0. The van der Waals surface area contributed by atoms with Crippen LogP contribution in [0.1, 0.15) is 25.0 Å². The second kappa shape index (κ2) is 10.7. The minimum Gasteiger partial charge on any atom is -0.454 e. The molecule has 0 unspecified atom stereocenters. The molecule has 0 radical (unpaired) electrons. The molecular weight excluding hydrogens is 633 g/mol. The fourth-order valence-electron chi connectivity index (χ4n) is 8.92. The van der Waals surface area contributed by atoms with Crippen molar-refractivity contribution in [3.63, 3.8) is 0 Å². The molecule has 246 valence electrons. The predicted octanol–water partition coefficient (Wildman–Crippen LogP) is 13.6. The molecule has 0 saturated heterocycles. The van der Waals surface area contributed by atoms with Gasteiger partial charge in [0.25, 0.3) is 0 Å². The second-order valence-corrected chi connectivity index (χ2v) is 14.5. The molecule has 0 fully saturated rings. The molecule has 11 rings (SSSR count). The summed E-state index contributed by atoms with van der Waals surface area (Å²) < 4.78 is 9.19. The van der Waals surface area contributed by atoms with E-state index in [9.17, 15) is 0 Å². The lowest BCUT2D eigenvalue weighted by molar-refractivity contribution is 0.660. The van der Waals surface area contributed by atoms with E-state index in [1.807, 2.05) is 6.07 Å². The molecule has 8 aromatic carbocycles. The summed E-state index contributed by atoms with van der Waals surface area (Å²) in [5, 5.41) is 7.17. The Bertz CT molecular complexity index is 3050. The van der Waals surface area contributed by atoms with Crippen LogP contribution in [-0.4, -0.2) is 4.57 Å². The van der Waals surface area contributed by atoms with Crippen molar-refractivity contribution in [1.82, 2.24) is 4.57 Å². The summed E-state index contributed by atoms with van der Waals surface area (Å²) in [5.74, 6) is 0. The largest absolute Gasteiger partial charge is 0.454 e. The average molecular weight is 667 g/mol. The van der Waals surface area contributed by atoms with Crippen molar-refractivity contribution in [3.8, 4) is 16.8 Å². The van der Waals surface area contributed by atoms with E-state index in [4.69, 9.17) is 4.42 Å². The van der Waals surface area contributed by atoms with Crippen LogP contribution < -0.4 is 4.90 Å². The van der Waals surface area contributed by atoms with Crippen LogP contribution in [0.3, 0.4) is 0 Å². The first-order valence-corrected chi connectivity index (χ1v) is 18.0. The fraction of sp³-hybridized carbons (Fsp3) is 0.0612. The van der Waals surface area contributed by atoms with Gasteiger partial charge in [0.2, 0.25) is 0 Å². The fourth-order valence-corrected chi connectivity index (χ4v) is 8.92. The first-order chi connectivity index (χ1) is 25.6. The van der Waals surface area contributed by atoms with E-state index in [0.717, 1.165) is 50.2 Å². The number of furan rings is 1. The van der Waals surface area contributed by atoms with Crippen molar-refractivity contribution in [2.75, 3.05) is 4.90 Å². The van der Waals surface area contributed by atoms with Gasteiger partial charge in [0.05, 0.1) is 22.4 Å². The smallest absolute Gasteiger partial charge is 0.159 e. The predicted molar refractivity (Wildman–Crippen MR) is 218 cm³/mol. The summed E-state index contributed by atoms with van der Waals surface area (Å²) >= 11 is 0. The first-order valence-electron chi connectivity index (χ1n) is 18.0. The number of para-hydroxylation sites is 3. The molecule has 1 aliphatic carbocycles. The highest BCUT2D eigenvalue weighted by molar-refractivity contribution is 6.15. The van der Waals surface area contributed by atoms with Gasteiger partial charge in [-0.3, -0.25) is 0 Å². The summed E-state index contributed by atoms with van der Waals surface area (Å²) in [5.41, 5.74) is 13.6. The van der Waals surface area contributed by atoms with Gasteiger partial charge in [0.1, 0.15) is 5.58 Å². The molecule has 2 heterocycles. The number of fused-ring (bicyclic) bond motifs is 10. The monoisotopic (exact) mass is 666 g/mol. The van der Waals surface area contributed by atoms with Gasteiger partial charge in [-0.15, -0.1) is 0 Å². The summed E-state index contributed by atoms with van der Waals surface area (Å²) in [6.45, 7) is 4.69. The van der Waals surface area contributed by atoms with Gasteiger partial charge in [-0.2, -0.15) is 0 Å². The number of aromatic nitrogens is 1. The Hall–Kier alpha value is -6.58. The van der Waals surface area contributed by atoms with Gasteiger partial charge in [0.15, 0.2) is 5.58 Å². The van der Waals surface area contributed by atoms with Crippen LogP contribution in [0.4, 0.5) is 17.1 Å². The Morgan fingerprint density at radius 1 is 0.500 bits per heavy atom. The Morgan fingerprint density at radius 3 is 2.06 bits per heavy atom. The maximum Gasteiger partial charge on any atom is 0.159 e. The van der Waals surface area contributed by atoms with Crippen molar-refractivity contribution in [2.24, 2.45) is 0 Å². The number of benzene rings is 8. The zero-order chi connectivity index (χ0) is 34.6. The van der Waals surface area contributed by atoms with Gasteiger partial charge in [-0.05, 0) is 82.1 Å². The van der Waals surface area contributed by atoms with E-state index >= 15 is 0 Å². The van der Waals surface area contributed by atoms with Crippen LogP contribution in [0.25, 0.3) is 71.3 Å². The Morgan fingerprint density at radius 2 is 1.17 bits per heavy atom. The van der Waals surface area contributed by atoms with Crippen molar-refractivity contribution >= 4 is 71.6 Å². The van der Waals surface area contributed by atoms with Crippen LogP contribution in [0.5, 0.6) is 0 Å². The Balaban J connectivity index is 1.26. The van der Waals surface area contributed by atoms with Crippen LogP contribution in [0, 0.1) is 0 Å². The lowest BCUT2D eigenvalue weighted by Crippen LogP contribution is -2.16. The molecule has 0 N–H and O–H groups in total. The van der Waals surface area contributed by atoms with Crippen LogP contribution in [-0.2, 0) is 5.41 Å². The lowest BCUT2D eigenvalue weighted by atomic mass is 9.82. The molecule has 0 spiro atoms. The van der Waals surface area contributed by atoms with E-state index in [1.54, 1.807) is 0 Å². The molecular formula is C49H34N2O. The van der Waals surface area contributed by atoms with Crippen molar-refractivity contribution in [2.45, 2.75) is 19.3 Å². The molecule has 0 saturated carbocycles. The third kappa shape index (κ3) is 4.02. The highest BCUT2D eigenvalue weighted by Crippen LogP contribution is 2.55. The third-order valence-electron chi connectivity index (χ3n) is 11.3. The minimum absolute atomic E-state index is 0.134. The number of anilines is 3. The van der Waals surface area contributed by atoms with Crippen LogP contribution >= 0.6 is 0 Å². The lowest BCUT2D eigenvalue weighted by Gasteiger charge is -2.29. The zero-order valence-electron chi connectivity index (χ0n) is 29.0. The highest BCUT2D eigenvalue weighted by Gasteiger charge is 2.38. The molecule has 0 amide bonds. The molecule has 3 heteroatoms. The normalized spacial score (nSPS) is 13.3. The van der Waals surface area contributed by atoms with Gasteiger partial charge >= 0.3 is 0 Å². The summed E-state index contributed by atoms with van der Waals surface area (Å²) in [6, 6.07) is 61.7.